The summed E-state index contributed by atoms with van der Waals surface area (Å²) in [5.41, 5.74) is 1.29. The zero-order valence-corrected chi connectivity index (χ0v) is 19.9. The zero-order chi connectivity index (χ0) is 22.7. The summed E-state index contributed by atoms with van der Waals surface area (Å²) >= 11 is 0. The first-order chi connectivity index (χ1) is 15.8. The van der Waals surface area contributed by atoms with Gasteiger partial charge in [-0.25, -0.2) is 0 Å². The monoisotopic (exact) mass is 454 g/mol. The van der Waals surface area contributed by atoms with E-state index >= 15 is 0 Å². The number of benzene rings is 1. The van der Waals surface area contributed by atoms with E-state index < -0.39 is 0 Å². The molecule has 1 aliphatic heterocycles. The lowest BCUT2D eigenvalue weighted by Crippen LogP contribution is -2.31. The van der Waals surface area contributed by atoms with Crippen LogP contribution in [0.25, 0.3) is 0 Å². The molecule has 0 spiro atoms. The van der Waals surface area contributed by atoms with E-state index in [-0.39, 0.29) is 0 Å². The van der Waals surface area contributed by atoms with Crippen molar-refractivity contribution in [3.05, 3.63) is 29.8 Å². The molecular formula is C24H42N2O6. The van der Waals surface area contributed by atoms with Gasteiger partial charge < -0.3 is 38.6 Å². The molecule has 0 aliphatic carbocycles. The Morgan fingerprint density at radius 3 is 1.75 bits per heavy atom. The van der Waals surface area contributed by atoms with E-state index in [1.807, 2.05) is 19.2 Å². The lowest BCUT2D eigenvalue weighted by Gasteiger charge is -2.23. The smallest absolute Gasteiger partial charge is 0.119 e. The van der Waals surface area contributed by atoms with Gasteiger partial charge in [-0.2, -0.15) is 0 Å². The lowest BCUT2D eigenvalue weighted by molar-refractivity contribution is -0.00978. The van der Waals surface area contributed by atoms with Crippen LogP contribution < -0.4 is 10.1 Å². The molecule has 1 saturated heterocycles. The molecule has 1 atom stereocenters. The van der Waals surface area contributed by atoms with E-state index in [0.717, 1.165) is 12.3 Å². The van der Waals surface area contributed by atoms with Crippen molar-refractivity contribution < 1.29 is 28.4 Å². The predicted octanol–water partition coefficient (Wildman–Crippen LogP) is 2.13. The van der Waals surface area contributed by atoms with Gasteiger partial charge in [0.25, 0.3) is 0 Å². The number of likely N-dealkylation sites (N-methyl/N-ethyl adjacent to an activating group) is 1. The average molecular weight is 455 g/mol. The number of methoxy groups -OCH3 is 1. The van der Waals surface area contributed by atoms with Gasteiger partial charge in [0.15, 0.2) is 0 Å². The van der Waals surface area contributed by atoms with E-state index in [9.17, 15) is 0 Å². The highest BCUT2D eigenvalue weighted by Crippen LogP contribution is 2.20. The number of hydrogen-bond donors (Lipinski definition) is 1. The molecule has 2 rings (SSSR count). The van der Waals surface area contributed by atoms with E-state index in [0.29, 0.717) is 72.1 Å². The van der Waals surface area contributed by atoms with Crippen LogP contribution >= 0.6 is 0 Å². The molecule has 8 heteroatoms. The quantitative estimate of drug-likeness (QED) is 0.301. The third-order valence-electron chi connectivity index (χ3n) is 5.31. The van der Waals surface area contributed by atoms with Crippen molar-refractivity contribution in [3.63, 3.8) is 0 Å². The van der Waals surface area contributed by atoms with Crippen LogP contribution in [0.2, 0.25) is 0 Å². The second-order valence-corrected chi connectivity index (χ2v) is 7.71. The van der Waals surface area contributed by atoms with Crippen LogP contribution in [0.15, 0.2) is 24.3 Å². The fourth-order valence-electron chi connectivity index (χ4n) is 3.51. The number of ether oxygens (including phenoxy) is 6. The number of nitrogens with zero attached hydrogens (tertiary/aromatic N) is 1. The van der Waals surface area contributed by atoms with Crippen LogP contribution in [-0.4, -0.2) is 105 Å². The summed E-state index contributed by atoms with van der Waals surface area (Å²) in [6.45, 7) is 9.08. The molecule has 0 radical (unpaired) electrons. The van der Waals surface area contributed by atoms with E-state index in [1.54, 1.807) is 7.11 Å². The molecular weight excluding hydrogens is 412 g/mol. The number of rotatable bonds is 20. The summed E-state index contributed by atoms with van der Waals surface area (Å²) in [7, 11) is 3.68. The minimum atomic E-state index is 0.352. The molecule has 8 nitrogen and oxygen atoms in total. The zero-order valence-electron chi connectivity index (χ0n) is 19.9. The van der Waals surface area contributed by atoms with Crippen molar-refractivity contribution in [1.29, 1.82) is 0 Å². The van der Waals surface area contributed by atoms with Gasteiger partial charge in [0, 0.05) is 19.7 Å². The highest BCUT2D eigenvalue weighted by atomic mass is 16.6. The van der Waals surface area contributed by atoms with Gasteiger partial charge in [-0.1, -0.05) is 12.1 Å². The van der Waals surface area contributed by atoms with Gasteiger partial charge in [0.1, 0.15) is 12.4 Å². The van der Waals surface area contributed by atoms with Crippen LogP contribution in [0, 0.1) is 0 Å². The first-order valence-corrected chi connectivity index (χ1v) is 11.8. The Bertz CT molecular complexity index is 554. The van der Waals surface area contributed by atoms with Crippen molar-refractivity contribution in [2.45, 2.75) is 18.9 Å². The topological polar surface area (TPSA) is 70.7 Å². The maximum Gasteiger partial charge on any atom is 0.119 e. The maximum absolute atomic E-state index is 5.78. The molecule has 1 heterocycles. The molecule has 1 aliphatic rings. The second kappa shape index (κ2) is 18.2. The highest BCUT2D eigenvalue weighted by molar-refractivity contribution is 5.29. The summed E-state index contributed by atoms with van der Waals surface area (Å²) in [5, 5.41) is 3.43. The number of hydrogen-bond acceptors (Lipinski definition) is 8. The van der Waals surface area contributed by atoms with Crippen molar-refractivity contribution in [2.75, 3.05) is 99.9 Å². The largest absolute Gasteiger partial charge is 0.491 e. The van der Waals surface area contributed by atoms with E-state index in [4.69, 9.17) is 28.4 Å². The Hall–Kier alpha value is -1.26. The summed E-state index contributed by atoms with van der Waals surface area (Å²) in [6.07, 6.45) is 2.63. The van der Waals surface area contributed by atoms with Gasteiger partial charge in [0.05, 0.1) is 59.5 Å². The normalized spacial score (nSPS) is 15.3. The first-order valence-electron chi connectivity index (χ1n) is 11.8. The molecule has 32 heavy (non-hydrogen) atoms. The van der Waals surface area contributed by atoms with Gasteiger partial charge in [-0.15, -0.1) is 0 Å². The fourth-order valence-corrected chi connectivity index (χ4v) is 3.51. The molecule has 0 aromatic heterocycles. The fraction of sp³-hybridized carbons (Fsp3) is 0.750. The predicted molar refractivity (Wildman–Crippen MR) is 125 cm³/mol. The van der Waals surface area contributed by atoms with Crippen LogP contribution in [0.1, 0.15) is 24.4 Å². The van der Waals surface area contributed by atoms with Gasteiger partial charge >= 0.3 is 0 Å². The van der Waals surface area contributed by atoms with Crippen molar-refractivity contribution >= 4 is 0 Å². The van der Waals surface area contributed by atoms with Crippen molar-refractivity contribution in [1.82, 2.24) is 10.2 Å². The van der Waals surface area contributed by atoms with Crippen LogP contribution in [0.4, 0.5) is 0 Å². The van der Waals surface area contributed by atoms with Crippen molar-refractivity contribution in [3.8, 4) is 5.75 Å². The standard InChI is InChI=1S/C24H42N2O6/c1-25-24(21-26-9-3-4-10-26)22-5-7-23(8-6-22)32-20-19-31-18-17-30-16-15-29-14-13-28-12-11-27-2/h5-8,24-25H,3-4,9-21H2,1-2H3. The molecule has 1 aromatic rings. The van der Waals surface area contributed by atoms with Gasteiger partial charge in [-0.05, 0) is 50.7 Å². The molecule has 1 fully saturated rings. The SMILES string of the molecule is CNC(CN1CCCC1)c1ccc(OCCOCCOCCOCCOCCOC)cc1. The Balaban J connectivity index is 1.42. The minimum absolute atomic E-state index is 0.352. The summed E-state index contributed by atoms with van der Waals surface area (Å²) in [6, 6.07) is 8.72. The molecule has 0 amide bonds. The summed E-state index contributed by atoms with van der Waals surface area (Å²) in [4.78, 5) is 2.53. The van der Waals surface area contributed by atoms with Gasteiger partial charge in [-0.3, -0.25) is 0 Å². The lowest BCUT2D eigenvalue weighted by atomic mass is 10.1. The van der Waals surface area contributed by atoms with Crippen LogP contribution in [0.3, 0.4) is 0 Å². The Kier molecular flexibility index (Phi) is 15.3. The average Bonchev–Trinajstić information content (AvgIpc) is 3.34. The third kappa shape index (κ3) is 12.1. The Morgan fingerprint density at radius 1 is 0.750 bits per heavy atom. The van der Waals surface area contributed by atoms with E-state index in [2.05, 4.69) is 22.3 Å². The molecule has 0 saturated carbocycles. The molecule has 0 bridgehead atoms. The van der Waals surface area contributed by atoms with Crippen LogP contribution in [-0.2, 0) is 23.7 Å². The first kappa shape index (κ1) is 27.0. The molecule has 1 aromatic carbocycles. The molecule has 1 unspecified atom stereocenters. The Morgan fingerprint density at radius 2 is 1.25 bits per heavy atom. The number of nitrogens with one attached hydrogen (secondary N) is 1. The highest BCUT2D eigenvalue weighted by Gasteiger charge is 2.17. The molecule has 1 N–H and O–H groups in total. The molecule has 184 valence electrons. The van der Waals surface area contributed by atoms with Gasteiger partial charge in [0.2, 0.25) is 0 Å². The van der Waals surface area contributed by atoms with Crippen LogP contribution in [0.5, 0.6) is 5.75 Å². The van der Waals surface area contributed by atoms with Crippen molar-refractivity contribution in [2.24, 2.45) is 0 Å². The second-order valence-electron chi connectivity index (χ2n) is 7.71. The maximum atomic E-state index is 5.78. The minimum Gasteiger partial charge on any atom is -0.491 e. The number of likely N-dealkylation sites (tertiary alicyclic amines) is 1. The summed E-state index contributed by atoms with van der Waals surface area (Å²) in [5.74, 6) is 0.868. The third-order valence-corrected chi connectivity index (χ3v) is 5.31. The van der Waals surface area contributed by atoms with E-state index in [1.165, 1.54) is 31.5 Å². The Labute approximate surface area is 193 Å². The summed E-state index contributed by atoms with van der Waals surface area (Å²) < 4.78 is 32.4.